The zero-order chi connectivity index (χ0) is 19.1. The number of pyridine rings is 1. The molecule has 1 N–H and O–H groups in total. The summed E-state index contributed by atoms with van der Waals surface area (Å²) in [6, 6.07) is 15.8. The lowest BCUT2D eigenvalue weighted by molar-refractivity contribution is 0.0724. The first-order chi connectivity index (χ1) is 13.7. The Morgan fingerprint density at radius 2 is 1.86 bits per heavy atom. The number of aromatic nitrogens is 3. The zero-order valence-corrected chi connectivity index (χ0v) is 15.4. The van der Waals surface area contributed by atoms with Gasteiger partial charge in [0.25, 0.3) is 5.91 Å². The molecule has 0 bridgehead atoms. The van der Waals surface area contributed by atoms with E-state index in [0.29, 0.717) is 5.65 Å². The molecule has 0 spiro atoms. The molecule has 2 aromatic heterocycles. The van der Waals surface area contributed by atoms with Crippen LogP contribution in [0.5, 0.6) is 0 Å². The minimum atomic E-state index is -0.250. The number of nitrogens with zero attached hydrogens (tertiary/aromatic N) is 3. The zero-order valence-electron chi connectivity index (χ0n) is 15.4. The molecule has 0 unspecified atom stereocenters. The van der Waals surface area contributed by atoms with Crippen LogP contribution in [-0.2, 0) is 0 Å². The van der Waals surface area contributed by atoms with Gasteiger partial charge in [0.05, 0.1) is 0 Å². The topological polar surface area (TPSA) is 70.5 Å². The van der Waals surface area contributed by atoms with E-state index in [4.69, 9.17) is 0 Å². The van der Waals surface area contributed by atoms with Crippen molar-refractivity contribution in [1.29, 1.82) is 0 Å². The van der Waals surface area contributed by atoms with Crippen molar-refractivity contribution >= 4 is 22.3 Å². The Morgan fingerprint density at radius 1 is 1.00 bits per heavy atom. The molecule has 6 nitrogen and oxygen atoms in total. The molecule has 5 rings (SSSR count). The third kappa shape index (κ3) is 2.78. The molecule has 0 aliphatic carbocycles. The van der Waals surface area contributed by atoms with Gasteiger partial charge in [0.1, 0.15) is 0 Å². The van der Waals surface area contributed by atoms with Crippen molar-refractivity contribution in [3.05, 3.63) is 70.8 Å². The maximum atomic E-state index is 12.8. The Balaban J connectivity index is 1.56. The van der Waals surface area contributed by atoms with E-state index in [9.17, 15) is 9.59 Å². The second-order valence-electron chi connectivity index (χ2n) is 7.27. The molecule has 1 fully saturated rings. The van der Waals surface area contributed by atoms with Crippen LogP contribution in [0.4, 0.5) is 0 Å². The van der Waals surface area contributed by atoms with Crippen molar-refractivity contribution in [2.45, 2.75) is 19.3 Å². The summed E-state index contributed by atoms with van der Waals surface area (Å²) in [6.45, 7) is 1.69. The average Bonchev–Trinajstić information content (AvgIpc) is 3.13. The quantitative estimate of drug-likeness (QED) is 0.586. The number of H-pyrrole nitrogens is 1. The van der Waals surface area contributed by atoms with E-state index in [1.165, 1.54) is 10.8 Å². The van der Waals surface area contributed by atoms with Gasteiger partial charge >= 0.3 is 5.69 Å². The molecule has 1 saturated heterocycles. The number of piperidine rings is 1. The molecular formula is C22H20N4O2. The number of aromatic amines is 1. The van der Waals surface area contributed by atoms with Gasteiger partial charge in [0.2, 0.25) is 0 Å². The van der Waals surface area contributed by atoms with E-state index in [2.05, 4.69) is 10.2 Å². The van der Waals surface area contributed by atoms with Crippen LogP contribution in [0.3, 0.4) is 0 Å². The highest BCUT2D eigenvalue weighted by molar-refractivity contribution is 6.02. The van der Waals surface area contributed by atoms with Crippen LogP contribution in [0.15, 0.2) is 59.5 Å². The first kappa shape index (κ1) is 16.7. The summed E-state index contributed by atoms with van der Waals surface area (Å²) in [4.78, 5) is 26.5. The molecule has 1 aliphatic rings. The molecule has 0 radical (unpaired) electrons. The normalized spacial score (nSPS) is 14.6. The molecule has 0 saturated carbocycles. The van der Waals surface area contributed by atoms with Crippen LogP contribution in [0, 0.1) is 0 Å². The summed E-state index contributed by atoms with van der Waals surface area (Å²) < 4.78 is 1.48. The predicted molar refractivity (Wildman–Crippen MR) is 109 cm³/mol. The lowest BCUT2D eigenvalue weighted by Crippen LogP contribution is -2.35. The fourth-order valence-corrected chi connectivity index (χ4v) is 4.02. The number of amides is 1. The molecule has 4 aromatic rings. The Hall–Kier alpha value is -3.41. The van der Waals surface area contributed by atoms with Gasteiger partial charge < -0.3 is 4.90 Å². The molecule has 140 valence electrons. The van der Waals surface area contributed by atoms with Gasteiger partial charge in [-0.05, 0) is 65.4 Å². The van der Waals surface area contributed by atoms with E-state index >= 15 is 0 Å². The van der Waals surface area contributed by atoms with Gasteiger partial charge in [-0.3, -0.25) is 9.20 Å². The van der Waals surface area contributed by atoms with Gasteiger partial charge in [0.15, 0.2) is 5.65 Å². The third-order valence-corrected chi connectivity index (χ3v) is 5.50. The van der Waals surface area contributed by atoms with Crippen LogP contribution in [0.25, 0.3) is 27.5 Å². The number of benzene rings is 2. The summed E-state index contributed by atoms with van der Waals surface area (Å²) in [5.41, 5.74) is 3.09. The van der Waals surface area contributed by atoms with Crippen LogP contribution >= 0.6 is 0 Å². The van der Waals surface area contributed by atoms with Gasteiger partial charge in [-0.1, -0.05) is 24.3 Å². The Morgan fingerprint density at radius 3 is 2.71 bits per heavy atom. The summed E-state index contributed by atoms with van der Waals surface area (Å²) in [5.74, 6) is 0.115. The van der Waals surface area contributed by atoms with Crippen molar-refractivity contribution in [3.63, 3.8) is 0 Å². The van der Waals surface area contributed by atoms with Gasteiger partial charge in [0, 0.05) is 24.8 Å². The fourth-order valence-electron chi connectivity index (χ4n) is 4.02. The molecule has 2 aromatic carbocycles. The molecule has 28 heavy (non-hydrogen) atoms. The highest BCUT2D eigenvalue weighted by Crippen LogP contribution is 2.30. The van der Waals surface area contributed by atoms with Crippen molar-refractivity contribution in [3.8, 4) is 11.1 Å². The third-order valence-electron chi connectivity index (χ3n) is 5.50. The van der Waals surface area contributed by atoms with Crippen LogP contribution in [0.1, 0.15) is 29.6 Å². The predicted octanol–water partition coefficient (Wildman–Crippen LogP) is 3.47. The summed E-state index contributed by atoms with van der Waals surface area (Å²) >= 11 is 0. The second-order valence-corrected chi connectivity index (χ2v) is 7.27. The first-order valence-corrected chi connectivity index (χ1v) is 9.60. The highest BCUT2D eigenvalue weighted by Gasteiger charge is 2.18. The standard InChI is InChI=1S/C22H20N4O2/c27-21(25-10-2-1-3-11-25)17-7-8-19-15(13-17)5-4-6-18(19)16-9-12-26-20(14-16)23-24-22(26)28/h4-9,12-14H,1-3,10-11H2,(H,24,28). The minimum absolute atomic E-state index is 0.115. The monoisotopic (exact) mass is 372 g/mol. The number of carbonyl (C=O) groups excluding carboxylic acids is 1. The van der Waals surface area contributed by atoms with E-state index in [1.54, 1.807) is 6.20 Å². The summed E-state index contributed by atoms with van der Waals surface area (Å²) in [6.07, 6.45) is 5.10. The number of carbonyl (C=O) groups is 1. The molecule has 3 heterocycles. The largest absolute Gasteiger partial charge is 0.347 e. The van der Waals surface area contributed by atoms with Crippen LogP contribution < -0.4 is 5.69 Å². The molecule has 6 heteroatoms. The van der Waals surface area contributed by atoms with Crippen LogP contribution in [0.2, 0.25) is 0 Å². The Kier molecular flexibility index (Phi) is 3.97. The van der Waals surface area contributed by atoms with Gasteiger partial charge in [-0.2, -0.15) is 5.10 Å². The van der Waals surface area contributed by atoms with E-state index in [-0.39, 0.29) is 11.6 Å². The van der Waals surface area contributed by atoms with Gasteiger partial charge in [-0.25, -0.2) is 9.89 Å². The van der Waals surface area contributed by atoms with Crippen LogP contribution in [-0.4, -0.2) is 38.5 Å². The SMILES string of the molecule is O=C(c1ccc2c(-c3ccn4c(=O)[nH]nc4c3)cccc2c1)N1CCCCC1. The number of hydrogen-bond donors (Lipinski definition) is 1. The first-order valence-electron chi connectivity index (χ1n) is 9.60. The lowest BCUT2D eigenvalue weighted by atomic mass is 9.97. The van der Waals surface area contributed by atoms with E-state index in [0.717, 1.165) is 53.4 Å². The van der Waals surface area contributed by atoms with E-state index < -0.39 is 0 Å². The lowest BCUT2D eigenvalue weighted by Gasteiger charge is -2.26. The van der Waals surface area contributed by atoms with Gasteiger partial charge in [-0.15, -0.1) is 0 Å². The summed E-state index contributed by atoms with van der Waals surface area (Å²) in [5, 5.41) is 8.60. The fraction of sp³-hybridized carbons (Fsp3) is 0.227. The number of likely N-dealkylation sites (tertiary alicyclic amines) is 1. The van der Waals surface area contributed by atoms with Crippen molar-refractivity contribution in [1.82, 2.24) is 19.5 Å². The maximum absolute atomic E-state index is 12.8. The number of fused-ring (bicyclic) bond motifs is 2. The van der Waals surface area contributed by atoms with E-state index in [1.807, 2.05) is 53.4 Å². The average molecular weight is 372 g/mol. The molecule has 0 atom stereocenters. The van der Waals surface area contributed by atoms with Crippen molar-refractivity contribution < 1.29 is 4.79 Å². The smallest absolute Gasteiger partial charge is 0.339 e. The summed E-state index contributed by atoms with van der Waals surface area (Å²) in [7, 11) is 0. The minimum Gasteiger partial charge on any atom is -0.339 e. The number of rotatable bonds is 2. The maximum Gasteiger partial charge on any atom is 0.347 e. The number of nitrogens with one attached hydrogen (secondary N) is 1. The Bertz CT molecular complexity index is 1250. The Labute approximate surface area is 161 Å². The molecule has 1 amide bonds. The van der Waals surface area contributed by atoms with Crippen molar-refractivity contribution in [2.75, 3.05) is 13.1 Å². The second kappa shape index (κ2) is 6.64. The highest BCUT2D eigenvalue weighted by atomic mass is 16.2. The molecular weight excluding hydrogens is 352 g/mol. The number of hydrogen-bond acceptors (Lipinski definition) is 3. The molecule has 1 aliphatic heterocycles. The van der Waals surface area contributed by atoms with Crippen molar-refractivity contribution in [2.24, 2.45) is 0 Å².